The molecular weight excluding hydrogens is 353 g/mol. The molecule has 2 nitrogen and oxygen atoms in total. The third-order valence-electron chi connectivity index (χ3n) is 2.25. The van der Waals surface area contributed by atoms with Gasteiger partial charge in [0.2, 0.25) is 0 Å². The van der Waals surface area contributed by atoms with Crippen LogP contribution in [-0.4, -0.2) is 0 Å². The zero-order valence-electron chi connectivity index (χ0n) is 8.84. The highest BCUT2D eigenvalue weighted by Crippen LogP contribution is 2.18. The van der Waals surface area contributed by atoms with Gasteiger partial charge in [-0.25, -0.2) is 4.39 Å². The number of halogens is 3. The third kappa shape index (κ3) is 3.66. The molecule has 0 atom stereocenters. The standard InChI is InChI=1S/C12H10Br2FNO/c13-11-3-1-9(15)5-8(11)6-16-7-10-2-4-12(14)17-10/h1-5,16H,6-7H2. The summed E-state index contributed by atoms with van der Waals surface area (Å²) in [5, 5.41) is 3.19. The molecule has 0 unspecified atom stereocenters. The van der Waals surface area contributed by atoms with Crippen molar-refractivity contribution in [3.8, 4) is 0 Å². The highest BCUT2D eigenvalue weighted by molar-refractivity contribution is 9.10. The van der Waals surface area contributed by atoms with Crippen LogP contribution in [0.4, 0.5) is 4.39 Å². The first-order chi connectivity index (χ1) is 8.15. The fourth-order valence-electron chi connectivity index (χ4n) is 1.45. The van der Waals surface area contributed by atoms with Crippen molar-refractivity contribution in [2.24, 2.45) is 0 Å². The van der Waals surface area contributed by atoms with E-state index in [4.69, 9.17) is 4.42 Å². The molecule has 0 aliphatic rings. The molecule has 0 aliphatic carbocycles. The van der Waals surface area contributed by atoms with Gasteiger partial charge in [0.25, 0.3) is 0 Å². The summed E-state index contributed by atoms with van der Waals surface area (Å²) < 4.78 is 20.0. The van der Waals surface area contributed by atoms with Gasteiger partial charge in [0.1, 0.15) is 11.6 Å². The van der Waals surface area contributed by atoms with Crippen molar-refractivity contribution in [3.63, 3.8) is 0 Å². The maximum absolute atomic E-state index is 13.0. The summed E-state index contributed by atoms with van der Waals surface area (Å²) in [7, 11) is 0. The van der Waals surface area contributed by atoms with Crippen LogP contribution in [0, 0.1) is 5.82 Å². The molecule has 1 aromatic carbocycles. The molecule has 0 aliphatic heterocycles. The lowest BCUT2D eigenvalue weighted by Gasteiger charge is -2.05. The summed E-state index contributed by atoms with van der Waals surface area (Å²) in [5.74, 6) is 0.607. The van der Waals surface area contributed by atoms with Gasteiger partial charge in [-0.1, -0.05) is 15.9 Å². The molecule has 0 saturated carbocycles. The van der Waals surface area contributed by atoms with Crippen molar-refractivity contribution >= 4 is 31.9 Å². The topological polar surface area (TPSA) is 25.2 Å². The summed E-state index contributed by atoms with van der Waals surface area (Å²) in [4.78, 5) is 0. The lowest BCUT2D eigenvalue weighted by Crippen LogP contribution is -2.12. The lowest BCUT2D eigenvalue weighted by molar-refractivity contribution is 0.465. The molecule has 0 spiro atoms. The molecule has 1 aromatic heterocycles. The van der Waals surface area contributed by atoms with E-state index in [1.807, 2.05) is 12.1 Å². The molecule has 1 N–H and O–H groups in total. The first-order valence-corrected chi connectivity index (χ1v) is 6.62. The molecule has 0 radical (unpaired) electrons. The molecular formula is C12H10Br2FNO. The van der Waals surface area contributed by atoms with Crippen molar-refractivity contribution in [2.75, 3.05) is 0 Å². The Morgan fingerprint density at radius 1 is 1.12 bits per heavy atom. The molecule has 17 heavy (non-hydrogen) atoms. The Bertz CT molecular complexity index is 513. The third-order valence-corrected chi connectivity index (χ3v) is 3.45. The Balaban J connectivity index is 1.91. The maximum atomic E-state index is 13.0. The molecule has 0 fully saturated rings. The molecule has 0 bridgehead atoms. The minimum absolute atomic E-state index is 0.231. The van der Waals surface area contributed by atoms with Crippen LogP contribution >= 0.6 is 31.9 Å². The lowest BCUT2D eigenvalue weighted by atomic mass is 10.2. The predicted molar refractivity (Wildman–Crippen MR) is 71.1 cm³/mol. The van der Waals surface area contributed by atoms with Gasteiger partial charge < -0.3 is 9.73 Å². The van der Waals surface area contributed by atoms with Gasteiger partial charge in [-0.2, -0.15) is 0 Å². The Morgan fingerprint density at radius 3 is 2.65 bits per heavy atom. The van der Waals surface area contributed by atoms with Gasteiger partial charge in [-0.05, 0) is 51.8 Å². The molecule has 0 amide bonds. The van der Waals surface area contributed by atoms with E-state index in [0.29, 0.717) is 17.8 Å². The van der Waals surface area contributed by atoms with E-state index in [1.165, 1.54) is 12.1 Å². The van der Waals surface area contributed by atoms with E-state index in [9.17, 15) is 4.39 Å². The summed E-state index contributed by atoms with van der Waals surface area (Å²) in [6, 6.07) is 8.37. The smallest absolute Gasteiger partial charge is 0.169 e. The van der Waals surface area contributed by atoms with E-state index in [2.05, 4.69) is 37.2 Å². The fraction of sp³-hybridized carbons (Fsp3) is 0.167. The number of furan rings is 1. The van der Waals surface area contributed by atoms with Crippen LogP contribution < -0.4 is 5.32 Å². The van der Waals surface area contributed by atoms with Gasteiger partial charge in [-0.15, -0.1) is 0 Å². The normalized spacial score (nSPS) is 10.8. The van der Waals surface area contributed by atoms with Crippen LogP contribution in [0.25, 0.3) is 0 Å². The quantitative estimate of drug-likeness (QED) is 0.880. The van der Waals surface area contributed by atoms with Crippen molar-refractivity contribution in [2.45, 2.75) is 13.1 Å². The van der Waals surface area contributed by atoms with E-state index >= 15 is 0 Å². The number of nitrogens with one attached hydrogen (secondary N) is 1. The first-order valence-electron chi connectivity index (χ1n) is 5.04. The summed E-state index contributed by atoms with van der Waals surface area (Å²) in [6.45, 7) is 1.19. The van der Waals surface area contributed by atoms with Gasteiger partial charge in [0, 0.05) is 11.0 Å². The second-order valence-corrected chi connectivity index (χ2v) is 5.18. The SMILES string of the molecule is Fc1ccc(Br)c(CNCc2ccc(Br)o2)c1. The Kier molecular flexibility index (Phi) is 4.36. The van der Waals surface area contributed by atoms with Crippen molar-refractivity contribution in [3.05, 3.63) is 56.6 Å². The van der Waals surface area contributed by atoms with E-state index in [1.54, 1.807) is 6.07 Å². The molecule has 2 aromatic rings. The van der Waals surface area contributed by atoms with Gasteiger partial charge in [-0.3, -0.25) is 0 Å². The van der Waals surface area contributed by atoms with Gasteiger partial charge in [0.15, 0.2) is 4.67 Å². The average Bonchev–Trinajstić information content (AvgIpc) is 2.69. The number of hydrogen-bond donors (Lipinski definition) is 1. The van der Waals surface area contributed by atoms with E-state index in [-0.39, 0.29) is 5.82 Å². The molecule has 2 rings (SSSR count). The minimum atomic E-state index is -0.231. The zero-order chi connectivity index (χ0) is 12.3. The number of hydrogen-bond acceptors (Lipinski definition) is 2. The van der Waals surface area contributed by atoms with Crippen molar-refractivity contribution in [1.29, 1.82) is 0 Å². The Morgan fingerprint density at radius 2 is 1.94 bits per heavy atom. The van der Waals surface area contributed by atoms with Crippen LogP contribution in [-0.2, 0) is 13.1 Å². The molecule has 5 heteroatoms. The number of benzene rings is 1. The summed E-state index contributed by atoms with van der Waals surface area (Å²) in [5.41, 5.74) is 0.885. The second-order valence-electron chi connectivity index (χ2n) is 3.55. The Hall–Kier alpha value is -0.650. The van der Waals surface area contributed by atoms with E-state index < -0.39 is 0 Å². The molecule has 0 saturated heterocycles. The first kappa shape index (κ1) is 12.8. The summed E-state index contributed by atoms with van der Waals surface area (Å²) in [6.07, 6.45) is 0. The average molecular weight is 363 g/mol. The van der Waals surface area contributed by atoms with Crippen LogP contribution in [0.1, 0.15) is 11.3 Å². The van der Waals surface area contributed by atoms with Crippen molar-refractivity contribution in [1.82, 2.24) is 5.32 Å². The van der Waals surface area contributed by atoms with E-state index in [0.717, 1.165) is 15.8 Å². The molecule has 90 valence electrons. The monoisotopic (exact) mass is 361 g/mol. The van der Waals surface area contributed by atoms with Gasteiger partial charge in [0.05, 0.1) is 6.54 Å². The maximum Gasteiger partial charge on any atom is 0.169 e. The molecule has 1 heterocycles. The highest BCUT2D eigenvalue weighted by atomic mass is 79.9. The number of rotatable bonds is 4. The largest absolute Gasteiger partial charge is 0.453 e. The summed E-state index contributed by atoms with van der Waals surface area (Å²) >= 11 is 6.62. The van der Waals surface area contributed by atoms with Crippen LogP contribution in [0.3, 0.4) is 0 Å². The van der Waals surface area contributed by atoms with Crippen LogP contribution in [0.5, 0.6) is 0 Å². The van der Waals surface area contributed by atoms with Gasteiger partial charge >= 0.3 is 0 Å². The minimum Gasteiger partial charge on any atom is -0.453 e. The van der Waals surface area contributed by atoms with Crippen LogP contribution in [0.2, 0.25) is 0 Å². The predicted octanol–water partition coefficient (Wildman–Crippen LogP) is 4.23. The Labute approximate surface area is 115 Å². The fourth-order valence-corrected chi connectivity index (χ4v) is 2.17. The van der Waals surface area contributed by atoms with Crippen LogP contribution in [0.15, 0.2) is 43.9 Å². The zero-order valence-corrected chi connectivity index (χ0v) is 12.0. The highest BCUT2D eigenvalue weighted by Gasteiger charge is 2.03. The second kappa shape index (κ2) is 5.80. The van der Waals surface area contributed by atoms with Crippen molar-refractivity contribution < 1.29 is 8.81 Å².